The summed E-state index contributed by atoms with van der Waals surface area (Å²) in [7, 11) is 0. The molecule has 0 saturated carbocycles. The molecule has 0 unspecified atom stereocenters. The van der Waals surface area contributed by atoms with Gasteiger partial charge < -0.3 is 0 Å². The monoisotopic (exact) mass is 433 g/mol. The number of nitrogens with zero attached hydrogens (tertiary/aromatic N) is 5. The lowest BCUT2D eigenvalue weighted by molar-refractivity contribution is 0.621. The summed E-state index contributed by atoms with van der Waals surface area (Å²) in [5, 5.41) is 5.69. The molecule has 0 saturated heterocycles. The van der Waals surface area contributed by atoms with Gasteiger partial charge in [-0.15, -0.1) is 0 Å². The highest BCUT2D eigenvalue weighted by Gasteiger charge is 2.14. The van der Waals surface area contributed by atoms with E-state index < -0.39 is 0 Å². The van der Waals surface area contributed by atoms with E-state index in [4.69, 9.17) is 4.98 Å². The summed E-state index contributed by atoms with van der Waals surface area (Å²) >= 11 is 3.17. The lowest BCUT2D eigenvalue weighted by Gasteiger charge is -2.08. The third-order valence-corrected chi connectivity index (χ3v) is 5.28. The molecule has 0 aliphatic rings. The molecule has 5 nitrogen and oxygen atoms in total. The number of hydrogen-bond donors (Lipinski definition) is 0. The standard InChI is InChI=1S/C21H13BrFN5/c1-12-15(8-13-4-2-3-5-18(13)26-12)20-11-25-21-24-10-19(27-28(20)21)14-6-7-16(22)17(23)9-14/h2-11H,1H3. The van der Waals surface area contributed by atoms with Crippen molar-refractivity contribution in [1.82, 2.24) is 24.6 Å². The number of halogens is 2. The number of fused-ring (bicyclic) bond motifs is 2. The van der Waals surface area contributed by atoms with E-state index in [1.54, 1.807) is 29.0 Å². The zero-order chi connectivity index (χ0) is 19.3. The number of para-hydroxylation sites is 1. The van der Waals surface area contributed by atoms with Gasteiger partial charge in [0.1, 0.15) is 11.5 Å². The Kier molecular flexibility index (Phi) is 3.91. The number of aromatic nitrogens is 5. The number of benzene rings is 2. The van der Waals surface area contributed by atoms with Crippen LogP contribution in [0.1, 0.15) is 5.69 Å². The van der Waals surface area contributed by atoms with Crippen molar-refractivity contribution in [2.75, 3.05) is 0 Å². The van der Waals surface area contributed by atoms with Gasteiger partial charge in [-0.3, -0.25) is 4.98 Å². The first-order valence-electron chi connectivity index (χ1n) is 8.63. The molecule has 0 spiro atoms. The molecule has 5 aromatic rings. The number of pyridine rings is 1. The van der Waals surface area contributed by atoms with Gasteiger partial charge in [-0.25, -0.2) is 14.4 Å². The minimum atomic E-state index is -0.347. The lowest BCUT2D eigenvalue weighted by atomic mass is 10.1. The van der Waals surface area contributed by atoms with Crippen LogP contribution in [-0.4, -0.2) is 24.6 Å². The molecule has 0 atom stereocenters. The topological polar surface area (TPSA) is 56.0 Å². The minimum absolute atomic E-state index is 0.347. The van der Waals surface area contributed by atoms with E-state index in [0.29, 0.717) is 21.5 Å². The van der Waals surface area contributed by atoms with Crippen molar-refractivity contribution in [3.05, 3.63) is 76.9 Å². The van der Waals surface area contributed by atoms with Gasteiger partial charge in [0.2, 0.25) is 0 Å². The molecular formula is C21H13BrFN5. The summed E-state index contributed by atoms with van der Waals surface area (Å²) in [5.41, 5.74) is 4.74. The third kappa shape index (κ3) is 2.75. The molecule has 0 bridgehead atoms. The van der Waals surface area contributed by atoms with Crippen LogP contribution in [-0.2, 0) is 0 Å². The zero-order valence-corrected chi connectivity index (χ0v) is 16.4. The number of rotatable bonds is 2. The Morgan fingerprint density at radius 3 is 2.68 bits per heavy atom. The summed E-state index contributed by atoms with van der Waals surface area (Å²) in [6, 6.07) is 14.9. The van der Waals surface area contributed by atoms with Crippen molar-refractivity contribution in [2.45, 2.75) is 6.92 Å². The quantitative estimate of drug-likeness (QED) is 0.383. The highest BCUT2D eigenvalue weighted by atomic mass is 79.9. The molecule has 3 heterocycles. The van der Waals surface area contributed by atoms with Crippen molar-refractivity contribution >= 4 is 32.6 Å². The van der Waals surface area contributed by atoms with Crippen LogP contribution in [0.25, 0.3) is 39.2 Å². The normalized spacial score (nSPS) is 11.4. The van der Waals surface area contributed by atoms with Gasteiger partial charge in [-0.05, 0) is 47.1 Å². The average molecular weight is 434 g/mol. The first-order valence-corrected chi connectivity index (χ1v) is 9.42. The highest BCUT2D eigenvalue weighted by molar-refractivity contribution is 9.10. The third-order valence-electron chi connectivity index (χ3n) is 4.64. The Morgan fingerprint density at radius 1 is 1.00 bits per heavy atom. The molecule has 0 fully saturated rings. The second kappa shape index (κ2) is 6.45. The predicted molar refractivity (Wildman–Crippen MR) is 109 cm³/mol. The van der Waals surface area contributed by atoms with Crippen molar-refractivity contribution in [3.8, 4) is 22.5 Å². The molecule has 0 amide bonds. The Bertz CT molecular complexity index is 1360. The van der Waals surface area contributed by atoms with Crippen LogP contribution in [0.4, 0.5) is 4.39 Å². The van der Waals surface area contributed by atoms with Gasteiger partial charge in [0, 0.05) is 22.2 Å². The first kappa shape index (κ1) is 16.9. The predicted octanol–water partition coefficient (Wildman–Crippen LogP) is 5.22. The molecule has 5 rings (SSSR count). The van der Waals surface area contributed by atoms with Gasteiger partial charge >= 0.3 is 0 Å². The van der Waals surface area contributed by atoms with Crippen molar-refractivity contribution in [3.63, 3.8) is 0 Å². The van der Waals surface area contributed by atoms with Crippen molar-refractivity contribution in [2.24, 2.45) is 0 Å². The Balaban J connectivity index is 1.70. The van der Waals surface area contributed by atoms with Crippen molar-refractivity contribution < 1.29 is 4.39 Å². The molecule has 2 aromatic carbocycles. The fourth-order valence-corrected chi connectivity index (χ4v) is 3.46. The van der Waals surface area contributed by atoms with Crippen LogP contribution in [0.2, 0.25) is 0 Å². The van der Waals surface area contributed by atoms with Gasteiger partial charge in [-0.1, -0.05) is 24.3 Å². The Labute approximate surface area is 168 Å². The Hall–Kier alpha value is -3.19. The Morgan fingerprint density at radius 2 is 1.82 bits per heavy atom. The van der Waals surface area contributed by atoms with Crippen LogP contribution in [0.3, 0.4) is 0 Å². The second-order valence-electron chi connectivity index (χ2n) is 6.44. The van der Waals surface area contributed by atoms with Crippen LogP contribution in [0, 0.1) is 12.7 Å². The molecule has 7 heteroatoms. The van der Waals surface area contributed by atoms with Crippen LogP contribution in [0.5, 0.6) is 0 Å². The van der Waals surface area contributed by atoms with Gasteiger partial charge in [-0.2, -0.15) is 9.61 Å². The summed E-state index contributed by atoms with van der Waals surface area (Å²) in [6.07, 6.45) is 3.33. The maximum atomic E-state index is 13.9. The van der Waals surface area contributed by atoms with E-state index in [0.717, 1.165) is 27.9 Å². The van der Waals surface area contributed by atoms with Gasteiger partial charge in [0.25, 0.3) is 5.78 Å². The summed E-state index contributed by atoms with van der Waals surface area (Å²) in [5.74, 6) is 0.128. The smallest absolute Gasteiger partial charge is 0.251 e. The molecule has 28 heavy (non-hydrogen) atoms. The minimum Gasteiger partial charge on any atom is -0.252 e. The summed E-state index contributed by atoms with van der Waals surface area (Å²) < 4.78 is 16.0. The van der Waals surface area contributed by atoms with Gasteiger partial charge in [0.05, 0.1) is 28.1 Å². The number of hydrogen-bond acceptors (Lipinski definition) is 4. The van der Waals surface area contributed by atoms with Crippen LogP contribution >= 0.6 is 15.9 Å². The van der Waals surface area contributed by atoms with E-state index in [1.165, 1.54) is 6.07 Å². The fraction of sp³-hybridized carbons (Fsp3) is 0.0476. The molecule has 3 aromatic heterocycles. The second-order valence-corrected chi connectivity index (χ2v) is 7.30. The molecule has 0 aliphatic carbocycles. The fourth-order valence-electron chi connectivity index (χ4n) is 3.22. The highest BCUT2D eigenvalue weighted by Crippen LogP contribution is 2.28. The van der Waals surface area contributed by atoms with Gasteiger partial charge in [0.15, 0.2) is 0 Å². The zero-order valence-electron chi connectivity index (χ0n) is 14.8. The van der Waals surface area contributed by atoms with E-state index in [2.05, 4.69) is 37.1 Å². The van der Waals surface area contributed by atoms with Crippen LogP contribution in [0.15, 0.2) is 65.4 Å². The largest absolute Gasteiger partial charge is 0.252 e. The average Bonchev–Trinajstić information content (AvgIpc) is 3.12. The summed E-state index contributed by atoms with van der Waals surface area (Å²) in [4.78, 5) is 13.4. The maximum Gasteiger partial charge on any atom is 0.251 e. The first-order chi connectivity index (χ1) is 13.6. The molecule has 0 aliphatic heterocycles. The van der Waals surface area contributed by atoms with E-state index >= 15 is 0 Å². The number of imidazole rings is 1. The lowest BCUT2D eigenvalue weighted by Crippen LogP contribution is -2.00. The van der Waals surface area contributed by atoms with E-state index in [-0.39, 0.29) is 5.82 Å². The van der Waals surface area contributed by atoms with E-state index in [9.17, 15) is 4.39 Å². The molecule has 0 radical (unpaired) electrons. The summed E-state index contributed by atoms with van der Waals surface area (Å²) in [6.45, 7) is 1.96. The number of aryl methyl sites for hydroxylation is 1. The molecular weight excluding hydrogens is 421 g/mol. The van der Waals surface area contributed by atoms with E-state index in [1.807, 2.05) is 31.2 Å². The van der Waals surface area contributed by atoms with Crippen LogP contribution < -0.4 is 0 Å². The van der Waals surface area contributed by atoms with Crippen molar-refractivity contribution in [1.29, 1.82) is 0 Å². The molecule has 0 N–H and O–H groups in total. The SMILES string of the molecule is Cc1nc2ccccc2cc1-c1cnc2ncc(-c3ccc(Br)c(F)c3)nn12. The maximum absolute atomic E-state index is 13.9. The molecule has 136 valence electrons.